The highest BCUT2D eigenvalue weighted by Gasteiger charge is 2.37. The molecular formula is C23H23ClFN5. The lowest BCUT2D eigenvalue weighted by Crippen LogP contribution is -2.27. The van der Waals surface area contributed by atoms with Crippen LogP contribution in [-0.4, -0.2) is 31.4 Å². The fourth-order valence-corrected chi connectivity index (χ4v) is 4.75. The summed E-state index contributed by atoms with van der Waals surface area (Å²) in [6, 6.07) is 5.68. The smallest absolute Gasteiger partial charge is 0.157 e. The molecule has 3 aromatic rings. The lowest BCUT2D eigenvalue weighted by molar-refractivity contribution is 0.289. The first-order chi connectivity index (χ1) is 14.5. The number of aromatic amines is 1. The third-order valence-corrected chi connectivity index (χ3v) is 6.61. The van der Waals surface area contributed by atoms with Crippen LogP contribution in [0.1, 0.15) is 49.4 Å². The van der Waals surface area contributed by atoms with Crippen LogP contribution in [0.2, 0.25) is 5.02 Å². The van der Waals surface area contributed by atoms with E-state index in [1.807, 2.05) is 19.1 Å². The molecule has 154 valence electrons. The molecule has 5 rings (SSSR count). The third-order valence-electron chi connectivity index (χ3n) is 6.20. The molecule has 1 aliphatic heterocycles. The molecule has 0 amide bonds. The highest BCUT2D eigenvalue weighted by Crippen LogP contribution is 2.43. The normalized spacial score (nSPS) is 22.1. The summed E-state index contributed by atoms with van der Waals surface area (Å²) in [5.74, 6) is 1.82. The Hall–Kier alpha value is -2.73. The SMILES string of the molecule is Cc1c(Cl)ccc2[nH]c([C@@H]3[C@@H](C)CCN3C3=C(c4ncccn4)CCC(F)=C3)nc12. The fraction of sp³-hybridized carbons (Fsp3) is 0.348. The summed E-state index contributed by atoms with van der Waals surface area (Å²) in [4.78, 5) is 19.5. The Morgan fingerprint density at radius 2 is 2.00 bits per heavy atom. The topological polar surface area (TPSA) is 57.7 Å². The van der Waals surface area contributed by atoms with Gasteiger partial charge < -0.3 is 9.88 Å². The van der Waals surface area contributed by atoms with Gasteiger partial charge in [-0.05, 0) is 55.5 Å². The van der Waals surface area contributed by atoms with Crippen molar-refractivity contribution in [1.82, 2.24) is 24.8 Å². The number of H-pyrrole nitrogens is 1. The van der Waals surface area contributed by atoms with Gasteiger partial charge in [-0.2, -0.15) is 0 Å². The number of rotatable bonds is 3. The van der Waals surface area contributed by atoms with Crippen molar-refractivity contribution in [3.63, 3.8) is 0 Å². The van der Waals surface area contributed by atoms with E-state index in [-0.39, 0.29) is 11.9 Å². The van der Waals surface area contributed by atoms with Crippen molar-refractivity contribution in [1.29, 1.82) is 0 Å². The van der Waals surface area contributed by atoms with Gasteiger partial charge in [0.05, 0.1) is 17.1 Å². The van der Waals surface area contributed by atoms with Gasteiger partial charge in [-0.3, -0.25) is 0 Å². The molecular weight excluding hydrogens is 401 g/mol. The van der Waals surface area contributed by atoms with Crippen molar-refractivity contribution in [2.24, 2.45) is 5.92 Å². The van der Waals surface area contributed by atoms with Crippen molar-refractivity contribution >= 4 is 28.2 Å². The Labute approximate surface area is 179 Å². The van der Waals surface area contributed by atoms with E-state index in [0.29, 0.717) is 29.6 Å². The summed E-state index contributed by atoms with van der Waals surface area (Å²) in [6.45, 7) is 5.04. The Balaban J connectivity index is 1.63. The molecule has 7 heteroatoms. The molecule has 0 saturated carbocycles. The second-order valence-electron chi connectivity index (χ2n) is 8.12. The molecule has 0 spiro atoms. The van der Waals surface area contributed by atoms with Crippen molar-refractivity contribution in [2.45, 2.75) is 39.2 Å². The lowest BCUT2D eigenvalue weighted by atomic mass is 9.97. The number of aryl methyl sites for hydroxylation is 1. The summed E-state index contributed by atoms with van der Waals surface area (Å²) in [5, 5.41) is 0.709. The molecule has 1 saturated heterocycles. The molecule has 5 nitrogen and oxygen atoms in total. The van der Waals surface area contributed by atoms with Gasteiger partial charge in [-0.1, -0.05) is 18.5 Å². The maximum Gasteiger partial charge on any atom is 0.157 e. The first-order valence-electron chi connectivity index (χ1n) is 10.3. The third kappa shape index (κ3) is 3.19. The zero-order valence-corrected chi connectivity index (χ0v) is 17.7. The van der Waals surface area contributed by atoms with E-state index < -0.39 is 0 Å². The minimum atomic E-state index is -0.102. The van der Waals surface area contributed by atoms with Crippen molar-refractivity contribution < 1.29 is 4.39 Å². The van der Waals surface area contributed by atoms with Gasteiger partial charge in [0.25, 0.3) is 0 Å². The Morgan fingerprint density at radius 1 is 1.20 bits per heavy atom. The quantitative estimate of drug-likeness (QED) is 0.582. The highest BCUT2D eigenvalue weighted by atomic mass is 35.5. The largest absolute Gasteiger partial charge is 0.361 e. The number of hydrogen-bond acceptors (Lipinski definition) is 4. The Bertz CT molecular complexity index is 1170. The van der Waals surface area contributed by atoms with Crippen LogP contribution >= 0.6 is 11.6 Å². The standard InChI is InChI=1S/C23H23ClFN5/c1-13-8-11-30(19-12-15(25)4-5-16(19)22-26-9-3-10-27-22)21(13)23-28-18-7-6-17(24)14(2)20(18)29-23/h3,6-7,9-10,12-13,21H,4-5,8,11H2,1-2H3,(H,28,29)/t13-,21-/m0/s1. The van der Waals surface area contributed by atoms with Crippen molar-refractivity contribution in [3.05, 3.63) is 70.4 Å². The van der Waals surface area contributed by atoms with E-state index in [1.54, 1.807) is 24.5 Å². The number of allylic oxidation sites excluding steroid dienone is 3. The second kappa shape index (κ2) is 7.51. The molecule has 2 aromatic heterocycles. The van der Waals surface area contributed by atoms with Gasteiger partial charge in [-0.25, -0.2) is 19.3 Å². The summed E-state index contributed by atoms with van der Waals surface area (Å²) < 4.78 is 14.4. The number of hydrogen-bond donors (Lipinski definition) is 1. The molecule has 1 aliphatic carbocycles. The van der Waals surface area contributed by atoms with E-state index in [4.69, 9.17) is 16.6 Å². The van der Waals surface area contributed by atoms with Crippen molar-refractivity contribution in [2.75, 3.05) is 6.54 Å². The van der Waals surface area contributed by atoms with E-state index in [0.717, 1.165) is 46.7 Å². The van der Waals surface area contributed by atoms with Crippen LogP contribution in [0.5, 0.6) is 0 Å². The summed E-state index contributed by atoms with van der Waals surface area (Å²) in [5.41, 5.74) is 4.69. The first-order valence-corrected chi connectivity index (χ1v) is 10.7. The number of benzene rings is 1. The average Bonchev–Trinajstić information content (AvgIpc) is 3.35. The van der Waals surface area contributed by atoms with Crippen LogP contribution in [-0.2, 0) is 0 Å². The number of nitrogens with one attached hydrogen (secondary N) is 1. The van der Waals surface area contributed by atoms with E-state index in [9.17, 15) is 4.39 Å². The predicted molar refractivity (Wildman–Crippen MR) is 116 cm³/mol. The van der Waals surface area contributed by atoms with Gasteiger partial charge in [-0.15, -0.1) is 0 Å². The van der Waals surface area contributed by atoms with Gasteiger partial charge >= 0.3 is 0 Å². The molecule has 0 bridgehead atoms. The van der Waals surface area contributed by atoms with Crippen LogP contribution in [0, 0.1) is 12.8 Å². The fourth-order valence-electron chi connectivity index (χ4n) is 4.60. The molecule has 3 heterocycles. The highest BCUT2D eigenvalue weighted by molar-refractivity contribution is 6.32. The van der Waals surface area contributed by atoms with Crippen LogP contribution in [0.15, 0.2) is 48.2 Å². The number of aromatic nitrogens is 4. The molecule has 30 heavy (non-hydrogen) atoms. The predicted octanol–water partition coefficient (Wildman–Crippen LogP) is 5.76. The molecule has 1 fully saturated rings. The zero-order chi connectivity index (χ0) is 20.8. The van der Waals surface area contributed by atoms with Crippen LogP contribution < -0.4 is 0 Å². The Morgan fingerprint density at radius 3 is 2.80 bits per heavy atom. The van der Waals surface area contributed by atoms with E-state index >= 15 is 0 Å². The summed E-state index contributed by atoms with van der Waals surface area (Å²) >= 11 is 6.30. The Kier molecular flexibility index (Phi) is 4.82. The van der Waals surface area contributed by atoms with Gasteiger partial charge in [0.1, 0.15) is 11.7 Å². The molecule has 2 aliphatic rings. The molecule has 0 unspecified atom stereocenters. The van der Waals surface area contributed by atoms with E-state index in [2.05, 4.69) is 26.8 Å². The van der Waals surface area contributed by atoms with Gasteiger partial charge in [0.15, 0.2) is 5.82 Å². The molecule has 1 N–H and O–H groups in total. The minimum absolute atomic E-state index is 0.0198. The maximum atomic E-state index is 14.4. The molecule has 1 aromatic carbocycles. The van der Waals surface area contributed by atoms with Gasteiger partial charge in [0, 0.05) is 41.7 Å². The maximum absolute atomic E-state index is 14.4. The van der Waals surface area contributed by atoms with Crippen molar-refractivity contribution in [3.8, 4) is 0 Å². The second-order valence-corrected chi connectivity index (χ2v) is 8.53. The summed E-state index contributed by atoms with van der Waals surface area (Å²) in [7, 11) is 0. The summed E-state index contributed by atoms with van der Waals surface area (Å²) in [6.07, 6.45) is 7.10. The number of likely N-dealkylation sites (tertiary alicyclic amines) is 1. The average molecular weight is 424 g/mol. The molecule has 2 atom stereocenters. The van der Waals surface area contributed by atoms with Crippen LogP contribution in [0.3, 0.4) is 0 Å². The number of imidazole rings is 1. The zero-order valence-electron chi connectivity index (χ0n) is 17.0. The minimum Gasteiger partial charge on any atom is -0.361 e. The van der Waals surface area contributed by atoms with Gasteiger partial charge in [0.2, 0.25) is 0 Å². The number of fused-ring (bicyclic) bond motifs is 1. The number of halogens is 2. The number of nitrogens with zero attached hydrogens (tertiary/aromatic N) is 4. The lowest BCUT2D eigenvalue weighted by Gasteiger charge is -2.31. The van der Waals surface area contributed by atoms with Crippen LogP contribution in [0.25, 0.3) is 16.6 Å². The monoisotopic (exact) mass is 423 g/mol. The van der Waals surface area contributed by atoms with E-state index in [1.165, 1.54) is 0 Å². The first kappa shape index (κ1) is 19.2. The van der Waals surface area contributed by atoms with Crippen LogP contribution in [0.4, 0.5) is 4.39 Å². The molecule has 0 radical (unpaired) electrons.